The molecular weight excluding hydrogens is 366 g/mol. The monoisotopic (exact) mass is 385 g/mol. The van der Waals surface area contributed by atoms with E-state index in [1.165, 1.54) is 6.92 Å². The van der Waals surface area contributed by atoms with Crippen molar-refractivity contribution in [3.8, 4) is 0 Å². The lowest BCUT2D eigenvalue weighted by atomic mass is 10.1. The summed E-state index contributed by atoms with van der Waals surface area (Å²) in [6.07, 6.45) is 3.18. The number of furan rings is 1. The number of amides is 2. The Bertz CT molecular complexity index is 1100. The molecule has 0 fully saturated rings. The topological polar surface area (TPSA) is 66.1 Å². The SMILES string of the molecule is CC(=O)N(C)c1ccc(N2C(=O)/C(=C\c3ccco3)N=C2c2ccccc2)cc1. The predicted molar refractivity (Wildman–Crippen MR) is 113 cm³/mol. The van der Waals surface area contributed by atoms with Crippen molar-refractivity contribution in [3.63, 3.8) is 0 Å². The van der Waals surface area contributed by atoms with Crippen LogP contribution in [0.3, 0.4) is 0 Å². The highest BCUT2D eigenvalue weighted by Gasteiger charge is 2.32. The third kappa shape index (κ3) is 3.60. The molecule has 0 spiro atoms. The van der Waals surface area contributed by atoms with E-state index in [9.17, 15) is 9.59 Å². The number of carbonyl (C=O) groups excluding carboxylic acids is 2. The van der Waals surface area contributed by atoms with E-state index in [-0.39, 0.29) is 11.8 Å². The number of hydrogen-bond donors (Lipinski definition) is 0. The standard InChI is InChI=1S/C23H19N3O3/c1-16(27)25(2)18-10-12-19(13-11-18)26-22(17-7-4-3-5-8-17)24-21(23(26)28)15-20-9-6-14-29-20/h3-15H,1-2H3/b21-15+. The second-order valence-corrected chi connectivity index (χ2v) is 6.58. The molecule has 4 rings (SSSR count). The zero-order chi connectivity index (χ0) is 20.4. The normalized spacial score (nSPS) is 15.0. The van der Waals surface area contributed by atoms with Gasteiger partial charge in [0.05, 0.1) is 12.0 Å². The van der Waals surface area contributed by atoms with Gasteiger partial charge in [-0.25, -0.2) is 4.99 Å². The largest absolute Gasteiger partial charge is 0.465 e. The van der Waals surface area contributed by atoms with E-state index in [0.717, 1.165) is 11.3 Å². The first kappa shape index (κ1) is 18.4. The molecule has 29 heavy (non-hydrogen) atoms. The van der Waals surface area contributed by atoms with Crippen LogP contribution in [0.25, 0.3) is 6.08 Å². The van der Waals surface area contributed by atoms with E-state index in [4.69, 9.17) is 4.42 Å². The quantitative estimate of drug-likeness (QED) is 0.635. The zero-order valence-electron chi connectivity index (χ0n) is 16.1. The van der Waals surface area contributed by atoms with Crippen LogP contribution in [0.1, 0.15) is 18.2 Å². The average molecular weight is 385 g/mol. The molecule has 3 aromatic rings. The van der Waals surface area contributed by atoms with Crippen LogP contribution in [0, 0.1) is 0 Å². The van der Waals surface area contributed by atoms with E-state index < -0.39 is 0 Å². The number of hydrogen-bond acceptors (Lipinski definition) is 4. The van der Waals surface area contributed by atoms with Gasteiger partial charge in [-0.15, -0.1) is 0 Å². The number of amidine groups is 1. The number of carbonyl (C=O) groups is 2. The third-order valence-electron chi connectivity index (χ3n) is 4.68. The van der Waals surface area contributed by atoms with Crippen LogP contribution >= 0.6 is 0 Å². The fourth-order valence-corrected chi connectivity index (χ4v) is 3.05. The molecule has 2 heterocycles. The minimum atomic E-state index is -0.243. The molecule has 2 aromatic carbocycles. The molecular formula is C23H19N3O3. The number of rotatable bonds is 4. The van der Waals surface area contributed by atoms with E-state index in [1.807, 2.05) is 30.3 Å². The van der Waals surface area contributed by atoms with Gasteiger partial charge in [-0.05, 0) is 36.4 Å². The second-order valence-electron chi connectivity index (χ2n) is 6.58. The van der Waals surface area contributed by atoms with E-state index in [0.29, 0.717) is 23.0 Å². The molecule has 2 amide bonds. The van der Waals surface area contributed by atoms with Crippen molar-refractivity contribution < 1.29 is 14.0 Å². The maximum Gasteiger partial charge on any atom is 0.282 e. The first-order chi connectivity index (χ1) is 14.0. The average Bonchev–Trinajstić information content (AvgIpc) is 3.37. The Kier molecular flexibility index (Phi) is 4.83. The highest BCUT2D eigenvalue weighted by atomic mass is 16.3. The molecule has 1 aliphatic heterocycles. The first-order valence-corrected chi connectivity index (χ1v) is 9.13. The van der Waals surface area contributed by atoms with Crippen molar-refractivity contribution in [2.45, 2.75) is 6.92 Å². The maximum atomic E-state index is 13.2. The Morgan fingerprint density at radius 3 is 2.38 bits per heavy atom. The van der Waals surface area contributed by atoms with E-state index in [1.54, 1.807) is 65.6 Å². The van der Waals surface area contributed by atoms with Gasteiger partial charge in [0, 0.05) is 31.3 Å². The van der Waals surface area contributed by atoms with Gasteiger partial charge < -0.3 is 9.32 Å². The fourth-order valence-electron chi connectivity index (χ4n) is 3.05. The fraction of sp³-hybridized carbons (Fsp3) is 0.0870. The lowest BCUT2D eigenvalue weighted by molar-refractivity contribution is -0.116. The van der Waals surface area contributed by atoms with Crippen LogP contribution in [-0.4, -0.2) is 24.7 Å². The number of benzene rings is 2. The molecule has 0 aliphatic carbocycles. The van der Waals surface area contributed by atoms with Crippen LogP contribution in [-0.2, 0) is 9.59 Å². The van der Waals surface area contributed by atoms with Gasteiger partial charge in [-0.1, -0.05) is 30.3 Å². The van der Waals surface area contributed by atoms with Crippen LogP contribution in [0.4, 0.5) is 11.4 Å². The summed E-state index contributed by atoms with van der Waals surface area (Å²) in [7, 11) is 1.71. The van der Waals surface area contributed by atoms with Crippen LogP contribution in [0.15, 0.2) is 88.1 Å². The Balaban J connectivity index is 1.75. The molecule has 1 aromatic heterocycles. The molecule has 0 N–H and O–H groups in total. The van der Waals surface area contributed by atoms with E-state index >= 15 is 0 Å². The minimum Gasteiger partial charge on any atom is -0.465 e. The third-order valence-corrected chi connectivity index (χ3v) is 4.68. The number of aliphatic imine (C=N–C) groups is 1. The minimum absolute atomic E-state index is 0.0646. The summed E-state index contributed by atoms with van der Waals surface area (Å²) < 4.78 is 5.34. The second kappa shape index (κ2) is 7.59. The number of nitrogens with zero attached hydrogens (tertiary/aromatic N) is 3. The van der Waals surface area contributed by atoms with Crippen LogP contribution in [0.5, 0.6) is 0 Å². The molecule has 0 saturated heterocycles. The van der Waals surface area contributed by atoms with Crippen molar-refractivity contribution in [1.29, 1.82) is 0 Å². The summed E-state index contributed by atoms with van der Waals surface area (Å²) in [6, 6.07) is 20.3. The summed E-state index contributed by atoms with van der Waals surface area (Å²) >= 11 is 0. The molecule has 6 heteroatoms. The summed E-state index contributed by atoms with van der Waals surface area (Å²) in [5.74, 6) is 0.795. The van der Waals surface area contributed by atoms with Gasteiger partial charge in [0.1, 0.15) is 17.3 Å². The Morgan fingerprint density at radius 2 is 1.76 bits per heavy atom. The lowest BCUT2D eigenvalue weighted by Gasteiger charge is -2.20. The summed E-state index contributed by atoms with van der Waals surface area (Å²) in [4.78, 5) is 32.5. The molecule has 0 atom stereocenters. The van der Waals surface area contributed by atoms with Gasteiger partial charge in [0.15, 0.2) is 0 Å². The smallest absolute Gasteiger partial charge is 0.282 e. The van der Waals surface area contributed by atoms with Crippen molar-refractivity contribution >= 4 is 35.1 Å². The van der Waals surface area contributed by atoms with Crippen molar-refractivity contribution in [2.24, 2.45) is 4.99 Å². The van der Waals surface area contributed by atoms with Gasteiger partial charge in [0.25, 0.3) is 5.91 Å². The van der Waals surface area contributed by atoms with Crippen LogP contribution < -0.4 is 9.80 Å². The predicted octanol–water partition coefficient (Wildman–Crippen LogP) is 4.10. The molecule has 144 valence electrons. The summed E-state index contributed by atoms with van der Waals surface area (Å²) in [5.41, 5.74) is 2.54. The molecule has 6 nitrogen and oxygen atoms in total. The Labute approximate surface area is 168 Å². The highest BCUT2D eigenvalue weighted by molar-refractivity contribution is 6.33. The Hall–Kier alpha value is -3.93. The zero-order valence-corrected chi connectivity index (χ0v) is 16.1. The van der Waals surface area contributed by atoms with E-state index in [2.05, 4.69) is 4.99 Å². The Morgan fingerprint density at radius 1 is 1.03 bits per heavy atom. The molecule has 0 radical (unpaired) electrons. The van der Waals surface area contributed by atoms with Crippen molar-refractivity contribution in [3.05, 3.63) is 90.0 Å². The lowest BCUT2D eigenvalue weighted by Crippen LogP contribution is -2.32. The van der Waals surface area contributed by atoms with Crippen molar-refractivity contribution in [2.75, 3.05) is 16.8 Å². The molecule has 0 saturated carbocycles. The summed E-state index contributed by atoms with van der Waals surface area (Å²) in [5, 5.41) is 0. The van der Waals surface area contributed by atoms with Gasteiger partial charge in [0.2, 0.25) is 5.91 Å². The first-order valence-electron chi connectivity index (χ1n) is 9.13. The van der Waals surface area contributed by atoms with Gasteiger partial charge in [-0.3, -0.25) is 14.5 Å². The molecule has 0 bridgehead atoms. The van der Waals surface area contributed by atoms with Crippen LogP contribution in [0.2, 0.25) is 0 Å². The van der Waals surface area contributed by atoms with Crippen molar-refractivity contribution in [1.82, 2.24) is 0 Å². The highest BCUT2D eigenvalue weighted by Crippen LogP contribution is 2.29. The molecule has 0 unspecified atom stereocenters. The van der Waals surface area contributed by atoms with Gasteiger partial charge >= 0.3 is 0 Å². The number of anilines is 2. The molecule has 1 aliphatic rings. The maximum absolute atomic E-state index is 13.2. The van der Waals surface area contributed by atoms with Gasteiger partial charge in [-0.2, -0.15) is 0 Å². The summed E-state index contributed by atoms with van der Waals surface area (Å²) in [6.45, 7) is 1.50.